The lowest BCUT2D eigenvalue weighted by atomic mass is 10.1. The van der Waals surface area contributed by atoms with Gasteiger partial charge < -0.3 is 10.6 Å². The number of nitrogen functional groups attached to an aromatic ring is 1. The maximum Gasteiger partial charge on any atom is 0.138 e. The molecule has 0 saturated heterocycles. The Kier molecular flexibility index (Phi) is 7.06. The van der Waals surface area contributed by atoms with Crippen LogP contribution in [0.25, 0.3) is 0 Å². The van der Waals surface area contributed by atoms with E-state index in [1.54, 1.807) is 12.1 Å². The van der Waals surface area contributed by atoms with Gasteiger partial charge in [-0.3, -0.25) is 0 Å². The summed E-state index contributed by atoms with van der Waals surface area (Å²) in [7, 11) is 0. The van der Waals surface area contributed by atoms with E-state index >= 15 is 0 Å². The molecule has 1 rings (SSSR count). The Morgan fingerprint density at radius 2 is 1.60 bits per heavy atom. The largest absolute Gasteiger partial charge is 0.397 e. The summed E-state index contributed by atoms with van der Waals surface area (Å²) in [5.74, 6) is 1.08. The van der Waals surface area contributed by atoms with Gasteiger partial charge in [0.1, 0.15) is 5.82 Å². The van der Waals surface area contributed by atoms with Crippen LogP contribution >= 0.6 is 22.6 Å². The highest BCUT2D eigenvalue weighted by Crippen LogP contribution is 2.28. The summed E-state index contributed by atoms with van der Waals surface area (Å²) < 4.78 is 14.4. The third-order valence-electron chi connectivity index (χ3n) is 3.36. The first-order valence-electron chi connectivity index (χ1n) is 7.30. The van der Waals surface area contributed by atoms with Gasteiger partial charge in [0.2, 0.25) is 0 Å². The molecule has 0 saturated carbocycles. The Labute approximate surface area is 136 Å². The normalized spacial score (nSPS) is 11.4. The lowest BCUT2D eigenvalue weighted by Gasteiger charge is -2.28. The van der Waals surface area contributed by atoms with E-state index in [1.807, 2.05) is 22.6 Å². The molecule has 0 fully saturated rings. The molecule has 0 amide bonds. The van der Waals surface area contributed by atoms with Crippen LogP contribution in [-0.2, 0) is 0 Å². The van der Waals surface area contributed by atoms with Gasteiger partial charge in [0.05, 0.1) is 14.9 Å². The number of benzene rings is 1. The Balaban J connectivity index is 2.93. The van der Waals surface area contributed by atoms with Crippen LogP contribution in [0.4, 0.5) is 15.8 Å². The number of rotatable bonds is 7. The first kappa shape index (κ1) is 17.5. The zero-order valence-corrected chi connectivity index (χ0v) is 15.1. The fourth-order valence-electron chi connectivity index (χ4n) is 2.01. The van der Waals surface area contributed by atoms with E-state index in [1.165, 1.54) is 0 Å². The molecule has 0 heterocycles. The summed E-state index contributed by atoms with van der Waals surface area (Å²) in [6.07, 6.45) is 2.18. The predicted octanol–water partition coefficient (Wildman–Crippen LogP) is 4.91. The molecule has 0 spiro atoms. The molecule has 1 aromatic carbocycles. The fourth-order valence-corrected chi connectivity index (χ4v) is 2.50. The van der Waals surface area contributed by atoms with Crippen molar-refractivity contribution in [2.45, 2.75) is 40.5 Å². The number of nitrogens with two attached hydrogens (primary N) is 1. The second-order valence-corrected chi connectivity index (χ2v) is 7.34. The smallest absolute Gasteiger partial charge is 0.138 e. The number of nitrogens with zero attached hydrogens (tertiary/aromatic N) is 1. The Morgan fingerprint density at radius 1 is 1.10 bits per heavy atom. The van der Waals surface area contributed by atoms with Crippen molar-refractivity contribution in [2.75, 3.05) is 23.7 Å². The minimum atomic E-state index is -0.186. The predicted molar refractivity (Wildman–Crippen MR) is 94.7 cm³/mol. The molecule has 0 bridgehead atoms. The van der Waals surface area contributed by atoms with Crippen LogP contribution in [0, 0.1) is 21.2 Å². The van der Waals surface area contributed by atoms with Crippen LogP contribution in [-0.4, -0.2) is 13.1 Å². The lowest BCUT2D eigenvalue weighted by Crippen LogP contribution is -2.28. The molecule has 0 unspecified atom stereocenters. The first-order valence-corrected chi connectivity index (χ1v) is 8.38. The summed E-state index contributed by atoms with van der Waals surface area (Å²) in [6.45, 7) is 10.7. The van der Waals surface area contributed by atoms with Gasteiger partial charge in [-0.15, -0.1) is 0 Å². The Morgan fingerprint density at radius 3 is 2.05 bits per heavy atom. The zero-order chi connectivity index (χ0) is 15.3. The second-order valence-electron chi connectivity index (χ2n) is 6.18. The van der Waals surface area contributed by atoms with E-state index in [2.05, 4.69) is 32.6 Å². The highest BCUT2D eigenvalue weighted by molar-refractivity contribution is 14.1. The molecule has 0 aromatic heterocycles. The quantitative estimate of drug-likeness (QED) is 0.528. The first-order chi connectivity index (χ1) is 9.31. The molecule has 4 heteroatoms. The Hall–Kier alpha value is -0.520. The van der Waals surface area contributed by atoms with Crippen molar-refractivity contribution in [1.82, 2.24) is 0 Å². The van der Waals surface area contributed by atoms with E-state index in [-0.39, 0.29) is 5.82 Å². The standard InChI is InChI=1S/C16H26FIN2/c1-11(2)5-7-20(8-6-12(3)4)16-9-13(17)14(18)10-15(16)19/h9-12H,5-8,19H2,1-4H3. The zero-order valence-electron chi connectivity index (χ0n) is 12.9. The van der Waals surface area contributed by atoms with Crippen molar-refractivity contribution in [1.29, 1.82) is 0 Å². The minimum absolute atomic E-state index is 0.186. The van der Waals surface area contributed by atoms with E-state index in [0.29, 0.717) is 21.1 Å². The average molecular weight is 392 g/mol. The maximum absolute atomic E-state index is 13.8. The van der Waals surface area contributed by atoms with Crippen LogP contribution in [0.15, 0.2) is 12.1 Å². The second kappa shape index (κ2) is 8.05. The molecule has 1 aromatic rings. The fraction of sp³-hybridized carbons (Fsp3) is 0.625. The molecule has 0 aliphatic carbocycles. The van der Waals surface area contributed by atoms with Crippen molar-refractivity contribution in [2.24, 2.45) is 11.8 Å². The van der Waals surface area contributed by atoms with Crippen LogP contribution in [0.1, 0.15) is 40.5 Å². The van der Waals surface area contributed by atoms with E-state index in [9.17, 15) is 4.39 Å². The van der Waals surface area contributed by atoms with E-state index in [0.717, 1.165) is 31.6 Å². The van der Waals surface area contributed by atoms with Gasteiger partial charge in [0, 0.05) is 19.2 Å². The summed E-state index contributed by atoms with van der Waals surface area (Å²) in [5, 5.41) is 0. The van der Waals surface area contributed by atoms with Crippen molar-refractivity contribution in [3.05, 3.63) is 21.5 Å². The molecule has 0 aliphatic rings. The van der Waals surface area contributed by atoms with Gasteiger partial charge >= 0.3 is 0 Å². The number of halogens is 2. The number of hydrogen-bond acceptors (Lipinski definition) is 2. The summed E-state index contributed by atoms with van der Waals surface area (Å²) >= 11 is 1.98. The average Bonchev–Trinajstić information content (AvgIpc) is 2.34. The van der Waals surface area contributed by atoms with E-state index in [4.69, 9.17) is 5.73 Å². The molecule has 2 N–H and O–H groups in total. The van der Waals surface area contributed by atoms with E-state index < -0.39 is 0 Å². The monoisotopic (exact) mass is 392 g/mol. The van der Waals surface area contributed by atoms with Gasteiger partial charge in [0.15, 0.2) is 0 Å². The molecular weight excluding hydrogens is 366 g/mol. The summed E-state index contributed by atoms with van der Waals surface area (Å²) in [6, 6.07) is 3.31. The molecular formula is C16H26FIN2. The van der Waals surface area contributed by atoms with Crippen LogP contribution in [0.5, 0.6) is 0 Å². The topological polar surface area (TPSA) is 29.3 Å². The van der Waals surface area contributed by atoms with Crippen LogP contribution in [0.2, 0.25) is 0 Å². The summed E-state index contributed by atoms with van der Waals surface area (Å²) in [4.78, 5) is 2.23. The van der Waals surface area contributed by atoms with Gasteiger partial charge in [-0.25, -0.2) is 4.39 Å². The molecule has 20 heavy (non-hydrogen) atoms. The van der Waals surface area contributed by atoms with Gasteiger partial charge in [-0.1, -0.05) is 27.7 Å². The third-order valence-corrected chi connectivity index (χ3v) is 4.19. The summed E-state index contributed by atoms with van der Waals surface area (Å²) in [5.41, 5.74) is 7.60. The lowest BCUT2D eigenvalue weighted by molar-refractivity contribution is 0.534. The highest BCUT2D eigenvalue weighted by Gasteiger charge is 2.14. The highest BCUT2D eigenvalue weighted by atomic mass is 127. The third kappa shape index (κ3) is 5.46. The van der Waals surface area contributed by atoms with Crippen LogP contribution < -0.4 is 10.6 Å². The van der Waals surface area contributed by atoms with Gasteiger partial charge in [-0.2, -0.15) is 0 Å². The molecule has 2 nitrogen and oxygen atoms in total. The van der Waals surface area contributed by atoms with Crippen molar-refractivity contribution in [3.8, 4) is 0 Å². The molecule has 0 aliphatic heterocycles. The van der Waals surface area contributed by atoms with Gasteiger partial charge in [0.25, 0.3) is 0 Å². The SMILES string of the molecule is CC(C)CCN(CCC(C)C)c1cc(F)c(I)cc1N. The van der Waals surface area contributed by atoms with Crippen molar-refractivity contribution < 1.29 is 4.39 Å². The Bertz CT molecular complexity index is 421. The van der Waals surface area contributed by atoms with Gasteiger partial charge in [-0.05, 0) is 53.3 Å². The molecule has 0 atom stereocenters. The minimum Gasteiger partial charge on any atom is -0.397 e. The molecule has 0 radical (unpaired) electrons. The number of hydrogen-bond donors (Lipinski definition) is 1. The number of anilines is 2. The van der Waals surface area contributed by atoms with Crippen molar-refractivity contribution >= 4 is 34.0 Å². The van der Waals surface area contributed by atoms with Crippen molar-refractivity contribution in [3.63, 3.8) is 0 Å². The molecule has 114 valence electrons. The van der Waals surface area contributed by atoms with Crippen LogP contribution in [0.3, 0.4) is 0 Å². The maximum atomic E-state index is 13.8.